The van der Waals surface area contributed by atoms with Gasteiger partial charge in [-0.1, -0.05) is 11.3 Å². The number of hydrogen-bond donors (Lipinski definition) is 1. The second kappa shape index (κ2) is 4.92. The third-order valence-electron chi connectivity index (χ3n) is 3.58. The number of fused-ring (bicyclic) bond motifs is 1. The van der Waals surface area contributed by atoms with Crippen LogP contribution in [-0.2, 0) is 6.42 Å². The van der Waals surface area contributed by atoms with Gasteiger partial charge in [0.05, 0.1) is 0 Å². The summed E-state index contributed by atoms with van der Waals surface area (Å²) in [4.78, 5) is 4.98. The SMILES string of the molecule is c1cncc(-c2nnc3sc(CC4CCNC4)nn23)c1. The van der Waals surface area contributed by atoms with Crippen LogP contribution in [0.2, 0.25) is 0 Å². The number of nitrogens with one attached hydrogen (secondary N) is 1. The molecule has 1 fully saturated rings. The predicted molar refractivity (Wildman–Crippen MR) is 76.6 cm³/mol. The molecule has 0 aliphatic carbocycles. The van der Waals surface area contributed by atoms with Gasteiger partial charge >= 0.3 is 0 Å². The lowest BCUT2D eigenvalue weighted by Gasteiger charge is -2.03. The molecule has 1 unspecified atom stereocenters. The van der Waals surface area contributed by atoms with E-state index in [0.29, 0.717) is 5.92 Å². The van der Waals surface area contributed by atoms with E-state index in [-0.39, 0.29) is 0 Å². The maximum atomic E-state index is 4.67. The zero-order chi connectivity index (χ0) is 13.4. The molecule has 1 aliphatic heterocycles. The Labute approximate surface area is 119 Å². The van der Waals surface area contributed by atoms with Gasteiger partial charge < -0.3 is 5.32 Å². The summed E-state index contributed by atoms with van der Waals surface area (Å²) < 4.78 is 1.83. The van der Waals surface area contributed by atoms with Gasteiger partial charge in [-0.3, -0.25) is 4.98 Å². The summed E-state index contributed by atoms with van der Waals surface area (Å²) in [6, 6.07) is 3.87. The first-order valence-corrected chi connectivity index (χ1v) is 7.54. The van der Waals surface area contributed by atoms with E-state index < -0.39 is 0 Å². The Morgan fingerprint density at radius 1 is 1.40 bits per heavy atom. The van der Waals surface area contributed by atoms with Gasteiger partial charge in [0.25, 0.3) is 0 Å². The minimum absolute atomic E-state index is 0.695. The van der Waals surface area contributed by atoms with Gasteiger partial charge in [-0.15, -0.1) is 10.2 Å². The first kappa shape index (κ1) is 11.9. The zero-order valence-electron chi connectivity index (χ0n) is 10.9. The van der Waals surface area contributed by atoms with Crippen LogP contribution in [-0.4, -0.2) is 37.9 Å². The molecule has 1 N–H and O–H groups in total. The van der Waals surface area contributed by atoms with Gasteiger partial charge in [0, 0.05) is 24.4 Å². The van der Waals surface area contributed by atoms with Crippen molar-refractivity contribution in [2.75, 3.05) is 13.1 Å². The van der Waals surface area contributed by atoms with Crippen LogP contribution in [0.5, 0.6) is 0 Å². The average molecular weight is 286 g/mol. The van der Waals surface area contributed by atoms with Crippen molar-refractivity contribution in [3.05, 3.63) is 29.5 Å². The van der Waals surface area contributed by atoms with Crippen LogP contribution in [0.25, 0.3) is 16.3 Å². The lowest BCUT2D eigenvalue weighted by Crippen LogP contribution is -2.10. The van der Waals surface area contributed by atoms with E-state index >= 15 is 0 Å². The molecule has 0 saturated carbocycles. The molecular formula is C13H14N6S. The largest absolute Gasteiger partial charge is 0.316 e. The number of aromatic nitrogens is 5. The molecule has 0 bridgehead atoms. The predicted octanol–water partition coefficient (Wildman–Crippen LogP) is 1.40. The van der Waals surface area contributed by atoms with Crippen LogP contribution in [0.4, 0.5) is 0 Å². The van der Waals surface area contributed by atoms with Crippen LogP contribution in [0.3, 0.4) is 0 Å². The zero-order valence-corrected chi connectivity index (χ0v) is 11.7. The van der Waals surface area contributed by atoms with Crippen molar-refractivity contribution < 1.29 is 0 Å². The fourth-order valence-electron chi connectivity index (χ4n) is 2.55. The third-order valence-corrected chi connectivity index (χ3v) is 4.50. The van der Waals surface area contributed by atoms with E-state index in [4.69, 9.17) is 0 Å². The number of pyridine rings is 1. The Kier molecular flexibility index (Phi) is 2.93. The second-order valence-electron chi connectivity index (χ2n) is 5.02. The first-order valence-electron chi connectivity index (χ1n) is 6.72. The summed E-state index contributed by atoms with van der Waals surface area (Å²) in [5.41, 5.74) is 0.944. The van der Waals surface area contributed by atoms with Crippen molar-refractivity contribution in [1.82, 2.24) is 30.1 Å². The van der Waals surface area contributed by atoms with Gasteiger partial charge in [0.15, 0.2) is 5.82 Å². The lowest BCUT2D eigenvalue weighted by atomic mass is 10.1. The maximum Gasteiger partial charge on any atom is 0.234 e. The average Bonchev–Trinajstić information content (AvgIpc) is 3.17. The fourth-order valence-corrected chi connectivity index (χ4v) is 3.50. The summed E-state index contributed by atoms with van der Waals surface area (Å²) in [7, 11) is 0. The van der Waals surface area contributed by atoms with Gasteiger partial charge in [-0.05, 0) is 37.6 Å². The standard InChI is InChI=1S/C13H14N6S/c1-2-10(8-14-4-1)12-16-17-13-19(12)18-11(20-13)6-9-3-5-15-7-9/h1-2,4,8-9,15H,3,5-7H2. The highest BCUT2D eigenvalue weighted by Gasteiger charge is 2.19. The summed E-state index contributed by atoms with van der Waals surface area (Å²) in [6.07, 6.45) is 5.79. The van der Waals surface area contributed by atoms with E-state index in [0.717, 1.165) is 40.9 Å². The molecule has 1 atom stereocenters. The van der Waals surface area contributed by atoms with Crippen molar-refractivity contribution in [2.45, 2.75) is 12.8 Å². The summed E-state index contributed by atoms with van der Waals surface area (Å²) in [5, 5.41) is 17.6. The molecule has 3 aromatic heterocycles. The summed E-state index contributed by atoms with van der Waals surface area (Å²) in [6.45, 7) is 2.21. The molecule has 0 radical (unpaired) electrons. The van der Waals surface area contributed by atoms with Crippen molar-refractivity contribution in [2.24, 2.45) is 5.92 Å². The van der Waals surface area contributed by atoms with Crippen molar-refractivity contribution >= 4 is 16.3 Å². The molecule has 6 nitrogen and oxygen atoms in total. The minimum Gasteiger partial charge on any atom is -0.316 e. The second-order valence-corrected chi connectivity index (χ2v) is 6.06. The van der Waals surface area contributed by atoms with Gasteiger partial charge in [0.2, 0.25) is 4.96 Å². The Hall–Kier alpha value is -1.86. The Balaban J connectivity index is 1.68. The van der Waals surface area contributed by atoms with Crippen LogP contribution in [0, 0.1) is 5.92 Å². The molecule has 1 saturated heterocycles. The van der Waals surface area contributed by atoms with Crippen LogP contribution in [0.15, 0.2) is 24.5 Å². The molecule has 102 valence electrons. The Morgan fingerprint density at radius 3 is 3.20 bits per heavy atom. The first-order chi connectivity index (χ1) is 9.90. The van der Waals surface area contributed by atoms with Crippen LogP contribution >= 0.6 is 11.3 Å². The van der Waals surface area contributed by atoms with Crippen molar-refractivity contribution in [3.8, 4) is 11.4 Å². The molecule has 7 heteroatoms. The molecule has 20 heavy (non-hydrogen) atoms. The smallest absolute Gasteiger partial charge is 0.234 e. The number of rotatable bonds is 3. The van der Waals surface area contributed by atoms with E-state index in [2.05, 4.69) is 25.6 Å². The van der Waals surface area contributed by atoms with Crippen molar-refractivity contribution in [3.63, 3.8) is 0 Å². The van der Waals surface area contributed by atoms with Crippen LogP contribution < -0.4 is 5.32 Å². The maximum absolute atomic E-state index is 4.67. The fraction of sp³-hybridized carbons (Fsp3) is 0.385. The molecule has 0 aromatic carbocycles. The highest BCUT2D eigenvalue weighted by atomic mass is 32.1. The monoisotopic (exact) mass is 286 g/mol. The third kappa shape index (κ3) is 2.08. The van der Waals surface area contributed by atoms with Gasteiger partial charge in [-0.2, -0.15) is 9.61 Å². The van der Waals surface area contributed by atoms with E-state index in [1.54, 1.807) is 23.7 Å². The Bertz CT molecular complexity index is 713. The van der Waals surface area contributed by atoms with Gasteiger partial charge in [0.1, 0.15) is 5.01 Å². The van der Waals surface area contributed by atoms with Gasteiger partial charge in [-0.25, -0.2) is 0 Å². The number of nitrogens with zero attached hydrogens (tertiary/aromatic N) is 5. The topological polar surface area (TPSA) is 68.0 Å². The summed E-state index contributed by atoms with van der Waals surface area (Å²) in [5.74, 6) is 1.46. The van der Waals surface area contributed by atoms with Crippen LogP contribution in [0.1, 0.15) is 11.4 Å². The molecule has 0 spiro atoms. The lowest BCUT2D eigenvalue weighted by molar-refractivity contribution is 0.574. The minimum atomic E-state index is 0.695. The molecule has 1 aliphatic rings. The van der Waals surface area contributed by atoms with E-state index in [1.807, 2.05) is 16.6 Å². The molecular weight excluding hydrogens is 272 g/mol. The normalized spacial score (nSPS) is 18.9. The van der Waals surface area contributed by atoms with Crippen molar-refractivity contribution in [1.29, 1.82) is 0 Å². The highest BCUT2D eigenvalue weighted by molar-refractivity contribution is 7.16. The molecule has 4 heterocycles. The highest BCUT2D eigenvalue weighted by Crippen LogP contribution is 2.23. The molecule has 0 amide bonds. The molecule has 4 rings (SSSR count). The number of hydrogen-bond acceptors (Lipinski definition) is 6. The summed E-state index contributed by atoms with van der Waals surface area (Å²) >= 11 is 1.63. The quantitative estimate of drug-likeness (QED) is 0.788. The Morgan fingerprint density at radius 2 is 2.40 bits per heavy atom. The van der Waals surface area contributed by atoms with E-state index in [1.165, 1.54) is 6.42 Å². The van der Waals surface area contributed by atoms with E-state index in [9.17, 15) is 0 Å². The molecule has 3 aromatic rings.